The van der Waals surface area contributed by atoms with E-state index in [0.29, 0.717) is 12.6 Å². The molecule has 0 N–H and O–H groups in total. The van der Waals surface area contributed by atoms with E-state index in [1.54, 1.807) is 4.90 Å². The molecule has 1 amide bonds. The first-order valence-corrected chi connectivity index (χ1v) is 4.05. The molecule has 0 aromatic rings. The van der Waals surface area contributed by atoms with Gasteiger partial charge in [-0.05, 0) is 20.4 Å². The van der Waals surface area contributed by atoms with Gasteiger partial charge in [0.1, 0.15) is 0 Å². The van der Waals surface area contributed by atoms with Gasteiger partial charge in [0.2, 0.25) is 5.91 Å². The Morgan fingerprint density at radius 1 is 1.45 bits per heavy atom. The van der Waals surface area contributed by atoms with E-state index in [-0.39, 0.29) is 5.91 Å². The summed E-state index contributed by atoms with van der Waals surface area (Å²) in [6.45, 7) is 3.62. The lowest BCUT2D eigenvalue weighted by Crippen LogP contribution is -2.34. The quantitative estimate of drug-likeness (QED) is 0.499. The van der Waals surface area contributed by atoms with Crippen LogP contribution in [-0.2, 0) is 4.79 Å². The van der Waals surface area contributed by atoms with E-state index in [4.69, 9.17) is 0 Å². The second-order valence-electron chi connectivity index (χ2n) is 3.37. The number of likely N-dealkylation sites (N-methyl/N-ethyl adjacent to an activating group) is 2. The Labute approximate surface area is 68.0 Å². The molecule has 0 spiro atoms. The minimum atomic E-state index is 0.233. The second-order valence-corrected chi connectivity index (χ2v) is 3.37. The highest BCUT2D eigenvalue weighted by Crippen LogP contribution is 2.07. The molecule has 1 heterocycles. The van der Waals surface area contributed by atoms with Gasteiger partial charge in [0.05, 0.1) is 6.54 Å². The van der Waals surface area contributed by atoms with Crippen LogP contribution in [0.1, 0.15) is 13.3 Å². The molecule has 0 saturated carbocycles. The molecule has 1 fully saturated rings. The lowest BCUT2D eigenvalue weighted by atomic mass is 10.2. The molecule has 1 aliphatic heterocycles. The van der Waals surface area contributed by atoms with Gasteiger partial charge in [-0.1, -0.05) is 0 Å². The fraction of sp³-hybridized carbons (Fsp3) is 0.875. The van der Waals surface area contributed by atoms with Gasteiger partial charge in [0, 0.05) is 19.6 Å². The van der Waals surface area contributed by atoms with Crippen molar-refractivity contribution in [2.75, 3.05) is 27.2 Å². The highest BCUT2D eigenvalue weighted by Gasteiger charge is 2.20. The molecule has 3 nitrogen and oxygen atoms in total. The standard InChI is InChI=1S/C8H16N2O/c1-7-4-5-9(2)8(11)6-10(7)3/h7H,4-6H2,1-3H3/t7-/m1/s1. The third kappa shape index (κ3) is 1.93. The molecule has 0 aromatic heterocycles. The molecule has 64 valence electrons. The van der Waals surface area contributed by atoms with Crippen molar-refractivity contribution in [3.8, 4) is 0 Å². The van der Waals surface area contributed by atoms with Crippen molar-refractivity contribution in [1.29, 1.82) is 0 Å². The summed E-state index contributed by atoms with van der Waals surface area (Å²) in [4.78, 5) is 15.2. The van der Waals surface area contributed by atoms with Gasteiger partial charge >= 0.3 is 0 Å². The Morgan fingerprint density at radius 3 is 2.73 bits per heavy atom. The van der Waals surface area contributed by atoms with Crippen LogP contribution in [0.25, 0.3) is 0 Å². The summed E-state index contributed by atoms with van der Waals surface area (Å²) in [7, 11) is 3.87. The van der Waals surface area contributed by atoms with Gasteiger partial charge in [0.15, 0.2) is 0 Å². The largest absolute Gasteiger partial charge is 0.345 e. The number of amides is 1. The second kappa shape index (κ2) is 3.22. The van der Waals surface area contributed by atoms with E-state index in [2.05, 4.69) is 11.8 Å². The van der Waals surface area contributed by atoms with E-state index in [1.807, 2.05) is 14.1 Å². The third-order valence-corrected chi connectivity index (χ3v) is 2.45. The maximum Gasteiger partial charge on any atom is 0.236 e. The van der Waals surface area contributed by atoms with Gasteiger partial charge in [-0.2, -0.15) is 0 Å². The van der Waals surface area contributed by atoms with Crippen LogP contribution in [0.2, 0.25) is 0 Å². The first kappa shape index (κ1) is 8.53. The first-order valence-electron chi connectivity index (χ1n) is 4.05. The van der Waals surface area contributed by atoms with Crippen LogP contribution in [0.15, 0.2) is 0 Å². The highest BCUT2D eigenvalue weighted by atomic mass is 16.2. The van der Waals surface area contributed by atoms with E-state index in [0.717, 1.165) is 13.0 Å². The average Bonchev–Trinajstić information content (AvgIpc) is 2.05. The molecule has 1 saturated heterocycles. The normalized spacial score (nSPS) is 28.8. The van der Waals surface area contributed by atoms with Crippen molar-refractivity contribution in [1.82, 2.24) is 9.80 Å². The van der Waals surface area contributed by atoms with Crippen molar-refractivity contribution in [3.63, 3.8) is 0 Å². The smallest absolute Gasteiger partial charge is 0.236 e. The molecule has 0 aliphatic carbocycles. The van der Waals surface area contributed by atoms with E-state index in [9.17, 15) is 4.79 Å². The Bertz CT molecular complexity index is 158. The summed E-state index contributed by atoms with van der Waals surface area (Å²) < 4.78 is 0. The number of nitrogens with zero attached hydrogens (tertiary/aromatic N) is 2. The summed E-state index contributed by atoms with van der Waals surface area (Å²) in [6.07, 6.45) is 1.08. The monoisotopic (exact) mass is 156 g/mol. The number of rotatable bonds is 0. The van der Waals surface area contributed by atoms with Crippen molar-refractivity contribution in [2.24, 2.45) is 0 Å². The topological polar surface area (TPSA) is 23.6 Å². The Morgan fingerprint density at radius 2 is 2.09 bits per heavy atom. The molecule has 11 heavy (non-hydrogen) atoms. The van der Waals surface area contributed by atoms with Crippen molar-refractivity contribution < 1.29 is 4.79 Å². The molecule has 0 aromatic carbocycles. The maximum absolute atomic E-state index is 11.3. The minimum Gasteiger partial charge on any atom is -0.345 e. The van der Waals surface area contributed by atoms with E-state index < -0.39 is 0 Å². The number of carbonyl (C=O) groups excluding carboxylic acids is 1. The van der Waals surface area contributed by atoms with Crippen molar-refractivity contribution >= 4 is 5.91 Å². The highest BCUT2D eigenvalue weighted by molar-refractivity contribution is 5.78. The third-order valence-electron chi connectivity index (χ3n) is 2.45. The molecular weight excluding hydrogens is 140 g/mol. The summed E-state index contributed by atoms with van der Waals surface area (Å²) in [5.41, 5.74) is 0. The Kier molecular flexibility index (Phi) is 2.49. The van der Waals surface area contributed by atoms with Gasteiger partial charge in [-0.3, -0.25) is 9.69 Å². The van der Waals surface area contributed by atoms with E-state index in [1.165, 1.54) is 0 Å². The van der Waals surface area contributed by atoms with Crippen molar-refractivity contribution in [3.05, 3.63) is 0 Å². The molecule has 1 aliphatic rings. The summed E-state index contributed by atoms with van der Waals surface area (Å²) in [5, 5.41) is 0. The lowest BCUT2D eigenvalue weighted by Gasteiger charge is -2.19. The summed E-state index contributed by atoms with van der Waals surface area (Å²) >= 11 is 0. The van der Waals surface area contributed by atoms with Crippen LogP contribution in [0.4, 0.5) is 0 Å². The zero-order chi connectivity index (χ0) is 8.43. The number of hydrogen-bond acceptors (Lipinski definition) is 2. The fourth-order valence-electron chi connectivity index (χ4n) is 1.22. The lowest BCUT2D eigenvalue weighted by molar-refractivity contribution is -0.129. The van der Waals surface area contributed by atoms with Crippen LogP contribution >= 0.6 is 0 Å². The van der Waals surface area contributed by atoms with Crippen molar-refractivity contribution in [2.45, 2.75) is 19.4 Å². The predicted octanol–water partition coefficient (Wildman–Crippen LogP) is 0.169. The van der Waals surface area contributed by atoms with Crippen LogP contribution in [-0.4, -0.2) is 48.9 Å². The van der Waals surface area contributed by atoms with Crippen LogP contribution in [0, 0.1) is 0 Å². The molecule has 0 unspecified atom stereocenters. The Balaban J connectivity index is 2.58. The van der Waals surface area contributed by atoms with Gasteiger partial charge in [-0.25, -0.2) is 0 Å². The zero-order valence-corrected chi connectivity index (χ0v) is 7.50. The average molecular weight is 156 g/mol. The minimum absolute atomic E-state index is 0.233. The molecule has 3 heteroatoms. The molecule has 1 atom stereocenters. The fourth-order valence-corrected chi connectivity index (χ4v) is 1.22. The molecule has 1 rings (SSSR count). The number of carbonyl (C=O) groups is 1. The van der Waals surface area contributed by atoms with Gasteiger partial charge < -0.3 is 4.90 Å². The predicted molar refractivity (Wildman–Crippen MR) is 44.3 cm³/mol. The van der Waals surface area contributed by atoms with Gasteiger partial charge in [-0.15, -0.1) is 0 Å². The van der Waals surface area contributed by atoms with E-state index >= 15 is 0 Å². The number of hydrogen-bond donors (Lipinski definition) is 0. The zero-order valence-electron chi connectivity index (χ0n) is 7.50. The molecule has 0 bridgehead atoms. The summed E-state index contributed by atoms with van der Waals surface area (Å²) in [6, 6.07) is 0.531. The van der Waals surface area contributed by atoms with Gasteiger partial charge in [0.25, 0.3) is 0 Å². The van der Waals surface area contributed by atoms with Crippen LogP contribution in [0.3, 0.4) is 0 Å². The maximum atomic E-state index is 11.3. The first-order chi connectivity index (χ1) is 5.11. The van der Waals surface area contributed by atoms with Crippen LogP contribution < -0.4 is 0 Å². The SMILES string of the molecule is C[C@@H]1CCN(C)C(=O)CN1C. The molecular formula is C8H16N2O. The Hall–Kier alpha value is -0.570. The molecule has 0 radical (unpaired) electrons. The summed E-state index contributed by atoms with van der Waals surface area (Å²) in [5.74, 6) is 0.233. The van der Waals surface area contributed by atoms with Crippen LogP contribution in [0.5, 0.6) is 0 Å².